The van der Waals surface area contributed by atoms with E-state index in [1.54, 1.807) is 49.6 Å². The molecule has 1 atom stereocenters. The number of aryl methyl sites for hydroxylation is 1. The largest absolute Gasteiger partial charge is 0.507 e. The van der Waals surface area contributed by atoms with Gasteiger partial charge in [0.2, 0.25) is 0 Å². The molecule has 0 spiro atoms. The summed E-state index contributed by atoms with van der Waals surface area (Å²) in [4.78, 5) is 30.0. The second kappa shape index (κ2) is 11.8. The fourth-order valence-corrected chi connectivity index (χ4v) is 4.32. The highest BCUT2D eigenvalue weighted by atomic mass is 16.5. The van der Waals surface area contributed by atoms with Crippen molar-refractivity contribution < 1.29 is 28.9 Å². The molecule has 1 N–H and O–H groups in total. The van der Waals surface area contributed by atoms with Gasteiger partial charge in [-0.05, 0) is 75.4 Å². The van der Waals surface area contributed by atoms with Crippen LogP contribution in [0.2, 0.25) is 0 Å². The Morgan fingerprint density at radius 3 is 2.39 bits per heavy atom. The van der Waals surface area contributed by atoms with Crippen molar-refractivity contribution in [1.29, 1.82) is 0 Å². The van der Waals surface area contributed by atoms with Gasteiger partial charge in [-0.2, -0.15) is 0 Å². The Morgan fingerprint density at radius 2 is 1.78 bits per heavy atom. The maximum atomic E-state index is 13.3. The van der Waals surface area contributed by atoms with E-state index < -0.39 is 17.7 Å². The number of hydrogen-bond donors (Lipinski definition) is 1. The fraction of sp³-hybridized carbons (Fsp3) is 0.357. The molecule has 0 aromatic heterocycles. The van der Waals surface area contributed by atoms with Crippen LogP contribution in [-0.2, 0) is 9.59 Å². The minimum atomic E-state index is -0.781. The van der Waals surface area contributed by atoms with E-state index in [0.717, 1.165) is 12.1 Å². The molecule has 1 aliphatic heterocycles. The van der Waals surface area contributed by atoms with E-state index in [9.17, 15) is 14.7 Å². The lowest BCUT2D eigenvalue weighted by Gasteiger charge is -2.26. The van der Waals surface area contributed by atoms with Gasteiger partial charge in [0.15, 0.2) is 11.5 Å². The number of aliphatic hydroxyl groups excluding tert-OH is 1. The molecule has 36 heavy (non-hydrogen) atoms. The van der Waals surface area contributed by atoms with Crippen molar-refractivity contribution in [3.8, 4) is 17.2 Å². The van der Waals surface area contributed by atoms with Gasteiger partial charge in [-0.25, -0.2) is 0 Å². The standard InChI is InChI=1S/C28H34N2O6/c1-7-15-36-22-12-9-19(17-23(22)35-6)25-24(26(31)20-10-11-21(34-5)18(2)16-20)27(32)28(33)30(25)14-8-13-29(3)4/h7,9-12,16-17,25,31H,1,8,13-15H2,2-6H3. The second-order valence-corrected chi connectivity index (χ2v) is 8.84. The summed E-state index contributed by atoms with van der Waals surface area (Å²) in [5.41, 5.74) is 1.90. The molecule has 2 aromatic carbocycles. The number of ketones is 1. The highest BCUT2D eigenvalue weighted by Crippen LogP contribution is 2.42. The van der Waals surface area contributed by atoms with Gasteiger partial charge in [-0.15, -0.1) is 0 Å². The van der Waals surface area contributed by atoms with Crippen LogP contribution >= 0.6 is 0 Å². The van der Waals surface area contributed by atoms with Crippen LogP contribution in [0.25, 0.3) is 5.76 Å². The maximum Gasteiger partial charge on any atom is 0.295 e. The van der Waals surface area contributed by atoms with Gasteiger partial charge in [0.1, 0.15) is 18.1 Å². The Labute approximate surface area is 212 Å². The SMILES string of the molecule is C=CCOc1ccc(C2C(=C(O)c3ccc(OC)c(C)c3)C(=O)C(=O)N2CCCN(C)C)cc1OC. The Balaban J connectivity index is 2.14. The number of methoxy groups -OCH3 is 2. The Hall–Kier alpha value is -3.78. The highest BCUT2D eigenvalue weighted by molar-refractivity contribution is 6.46. The first-order chi connectivity index (χ1) is 17.2. The van der Waals surface area contributed by atoms with Gasteiger partial charge in [0.05, 0.1) is 25.8 Å². The first kappa shape index (κ1) is 26.8. The monoisotopic (exact) mass is 494 g/mol. The van der Waals surface area contributed by atoms with E-state index in [-0.39, 0.29) is 11.3 Å². The van der Waals surface area contributed by atoms with Crippen LogP contribution < -0.4 is 14.2 Å². The van der Waals surface area contributed by atoms with Crippen LogP contribution in [0.5, 0.6) is 17.2 Å². The van der Waals surface area contributed by atoms with Gasteiger partial charge in [0, 0.05) is 12.1 Å². The number of carbonyl (C=O) groups is 2. The fourth-order valence-electron chi connectivity index (χ4n) is 4.32. The third-order valence-electron chi connectivity index (χ3n) is 6.07. The number of ether oxygens (including phenoxy) is 3. The van der Waals surface area contributed by atoms with Crippen molar-refractivity contribution in [2.45, 2.75) is 19.4 Å². The summed E-state index contributed by atoms with van der Waals surface area (Å²) in [5.74, 6) is 0.0283. The Kier molecular flexibility index (Phi) is 8.77. The summed E-state index contributed by atoms with van der Waals surface area (Å²) < 4.78 is 16.5. The summed E-state index contributed by atoms with van der Waals surface area (Å²) in [5, 5.41) is 11.3. The molecule has 1 amide bonds. The first-order valence-corrected chi connectivity index (χ1v) is 11.7. The molecule has 1 heterocycles. The van der Waals surface area contributed by atoms with Gasteiger partial charge in [-0.3, -0.25) is 9.59 Å². The summed E-state index contributed by atoms with van der Waals surface area (Å²) in [6, 6.07) is 9.60. The van der Waals surface area contributed by atoms with E-state index in [4.69, 9.17) is 14.2 Å². The van der Waals surface area contributed by atoms with Gasteiger partial charge in [0.25, 0.3) is 11.7 Å². The molecule has 1 aliphatic rings. The normalized spacial score (nSPS) is 16.9. The second-order valence-electron chi connectivity index (χ2n) is 8.84. The van der Waals surface area contributed by atoms with E-state index in [0.29, 0.717) is 47.9 Å². The van der Waals surface area contributed by atoms with Crippen LogP contribution in [0.3, 0.4) is 0 Å². The molecule has 1 fully saturated rings. The molecule has 0 bridgehead atoms. The summed E-state index contributed by atoms with van der Waals surface area (Å²) in [7, 11) is 6.99. The zero-order valence-electron chi connectivity index (χ0n) is 21.5. The lowest BCUT2D eigenvalue weighted by Crippen LogP contribution is -2.32. The maximum absolute atomic E-state index is 13.3. The molecule has 3 rings (SSSR count). The molecule has 8 nitrogen and oxygen atoms in total. The molecule has 8 heteroatoms. The lowest BCUT2D eigenvalue weighted by atomic mass is 9.94. The van der Waals surface area contributed by atoms with Crippen LogP contribution in [0.15, 0.2) is 54.6 Å². The first-order valence-electron chi connectivity index (χ1n) is 11.7. The molecule has 0 aliphatic carbocycles. The molecule has 2 aromatic rings. The Morgan fingerprint density at radius 1 is 1.08 bits per heavy atom. The number of Topliss-reactive ketones (excluding diaryl/α,β-unsaturated/α-hetero) is 1. The third kappa shape index (κ3) is 5.54. The summed E-state index contributed by atoms with van der Waals surface area (Å²) in [6.45, 7) is 6.90. The van der Waals surface area contributed by atoms with E-state index in [2.05, 4.69) is 6.58 Å². The third-order valence-corrected chi connectivity index (χ3v) is 6.07. The topological polar surface area (TPSA) is 88.5 Å². The van der Waals surface area contributed by atoms with E-state index in [1.165, 1.54) is 12.0 Å². The van der Waals surface area contributed by atoms with Crippen molar-refractivity contribution in [1.82, 2.24) is 9.80 Å². The van der Waals surface area contributed by atoms with Gasteiger partial charge in [-0.1, -0.05) is 18.7 Å². The number of aliphatic hydroxyl groups is 1. The van der Waals surface area contributed by atoms with Crippen molar-refractivity contribution >= 4 is 17.4 Å². The number of nitrogens with zero attached hydrogens (tertiary/aromatic N) is 2. The molecular formula is C28H34N2O6. The van der Waals surface area contributed by atoms with Gasteiger partial charge < -0.3 is 29.1 Å². The van der Waals surface area contributed by atoms with Crippen LogP contribution in [0.1, 0.15) is 29.2 Å². The average molecular weight is 495 g/mol. The Bertz CT molecular complexity index is 1170. The number of likely N-dealkylation sites (tertiary alicyclic amines) is 1. The minimum absolute atomic E-state index is 0.0382. The highest BCUT2D eigenvalue weighted by Gasteiger charge is 2.46. The molecule has 0 radical (unpaired) electrons. The van der Waals surface area contributed by atoms with Crippen molar-refractivity contribution in [3.05, 3.63) is 71.3 Å². The molecule has 1 saturated heterocycles. The summed E-state index contributed by atoms with van der Waals surface area (Å²) in [6.07, 6.45) is 2.29. The minimum Gasteiger partial charge on any atom is -0.507 e. The summed E-state index contributed by atoms with van der Waals surface area (Å²) >= 11 is 0. The molecular weight excluding hydrogens is 460 g/mol. The van der Waals surface area contributed by atoms with E-state index in [1.807, 2.05) is 25.9 Å². The molecule has 1 unspecified atom stereocenters. The number of rotatable bonds is 11. The van der Waals surface area contributed by atoms with Crippen LogP contribution in [0.4, 0.5) is 0 Å². The average Bonchev–Trinajstić information content (AvgIpc) is 3.11. The van der Waals surface area contributed by atoms with Gasteiger partial charge >= 0.3 is 0 Å². The number of carbonyl (C=O) groups excluding carboxylic acids is 2. The number of hydrogen-bond acceptors (Lipinski definition) is 7. The predicted octanol–water partition coefficient (Wildman–Crippen LogP) is 3.95. The molecule has 192 valence electrons. The van der Waals surface area contributed by atoms with Crippen molar-refractivity contribution in [3.63, 3.8) is 0 Å². The number of benzene rings is 2. The predicted molar refractivity (Wildman–Crippen MR) is 139 cm³/mol. The van der Waals surface area contributed by atoms with E-state index >= 15 is 0 Å². The van der Waals surface area contributed by atoms with Crippen molar-refractivity contribution in [2.75, 3.05) is 48.0 Å². The lowest BCUT2D eigenvalue weighted by molar-refractivity contribution is -0.139. The molecule has 0 saturated carbocycles. The number of amides is 1. The smallest absolute Gasteiger partial charge is 0.295 e. The quantitative estimate of drug-likeness (QED) is 0.219. The van der Waals surface area contributed by atoms with Crippen LogP contribution in [-0.4, -0.2) is 74.6 Å². The zero-order valence-corrected chi connectivity index (χ0v) is 21.5. The zero-order chi connectivity index (χ0) is 26.4. The van der Waals surface area contributed by atoms with Crippen LogP contribution in [0, 0.1) is 6.92 Å². The van der Waals surface area contributed by atoms with Crippen molar-refractivity contribution in [2.24, 2.45) is 0 Å².